The molecule has 82 valence electrons. The van der Waals surface area contributed by atoms with Gasteiger partial charge in [-0.1, -0.05) is 30.3 Å². The van der Waals surface area contributed by atoms with Gasteiger partial charge in [0.2, 0.25) is 0 Å². The van der Waals surface area contributed by atoms with E-state index in [1.54, 1.807) is 0 Å². The maximum Gasteiger partial charge on any atom is 0.184 e. The van der Waals surface area contributed by atoms with Crippen LogP contribution in [0.3, 0.4) is 0 Å². The van der Waals surface area contributed by atoms with Crippen LogP contribution in [0.2, 0.25) is 0 Å². The van der Waals surface area contributed by atoms with Gasteiger partial charge in [-0.25, -0.2) is 0 Å². The lowest BCUT2D eigenvalue weighted by Gasteiger charge is -2.10. The molecule has 1 saturated heterocycles. The van der Waals surface area contributed by atoms with E-state index in [1.165, 1.54) is 0 Å². The number of rotatable bonds is 3. The molecule has 1 fully saturated rings. The minimum absolute atomic E-state index is 0.0970. The molecule has 1 heterocycles. The molecule has 0 unspecified atom stereocenters. The average molecular weight is 208 g/mol. The molecule has 1 aromatic carbocycles. The maximum atomic E-state index is 5.67. The molecule has 0 saturated carbocycles. The van der Waals surface area contributed by atoms with Crippen LogP contribution >= 0.6 is 0 Å². The quantitative estimate of drug-likeness (QED) is 0.753. The molecule has 4 nitrogen and oxygen atoms in total. The molecule has 1 aromatic rings. The maximum absolute atomic E-state index is 5.67. The average Bonchev–Trinajstić information content (AvgIpc) is 2.73. The SMILES string of the molecule is NC[C@H]1OC(c2ccccc2)O[C@@H]1CN. The van der Waals surface area contributed by atoms with E-state index in [2.05, 4.69) is 0 Å². The zero-order chi connectivity index (χ0) is 10.7. The first-order chi connectivity index (χ1) is 7.35. The van der Waals surface area contributed by atoms with Gasteiger partial charge in [-0.2, -0.15) is 0 Å². The molecule has 0 spiro atoms. The van der Waals surface area contributed by atoms with Crippen molar-refractivity contribution < 1.29 is 9.47 Å². The fourth-order valence-corrected chi connectivity index (χ4v) is 1.71. The van der Waals surface area contributed by atoms with E-state index >= 15 is 0 Å². The molecule has 0 radical (unpaired) electrons. The highest BCUT2D eigenvalue weighted by Gasteiger charge is 2.34. The van der Waals surface area contributed by atoms with E-state index in [9.17, 15) is 0 Å². The van der Waals surface area contributed by atoms with Crippen molar-refractivity contribution in [2.75, 3.05) is 13.1 Å². The van der Waals surface area contributed by atoms with E-state index in [0.29, 0.717) is 13.1 Å². The molecule has 1 aliphatic heterocycles. The zero-order valence-electron chi connectivity index (χ0n) is 8.50. The second-order valence-corrected chi connectivity index (χ2v) is 3.56. The Morgan fingerprint density at radius 1 is 0.933 bits per heavy atom. The summed E-state index contributed by atoms with van der Waals surface area (Å²) in [4.78, 5) is 0. The number of nitrogens with two attached hydrogens (primary N) is 2. The first kappa shape index (κ1) is 10.6. The van der Waals surface area contributed by atoms with Crippen LogP contribution in [0.5, 0.6) is 0 Å². The summed E-state index contributed by atoms with van der Waals surface area (Å²) in [6.07, 6.45) is -0.520. The topological polar surface area (TPSA) is 70.5 Å². The van der Waals surface area contributed by atoms with Gasteiger partial charge in [0.25, 0.3) is 0 Å². The minimum Gasteiger partial charge on any atom is -0.341 e. The summed E-state index contributed by atoms with van der Waals surface area (Å²) in [5, 5.41) is 0. The van der Waals surface area contributed by atoms with Crippen LogP contribution < -0.4 is 11.5 Å². The first-order valence-corrected chi connectivity index (χ1v) is 5.11. The van der Waals surface area contributed by atoms with Crippen molar-refractivity contribution in [3.63, 3.8) is 0 Å². The molecular formula is C11H16N2O2. The first-order valence-electron chi connectivity index (χ1n) is 5.11. The standard InChI is InChI=1S/C11H16N2O2/c12-6-9-10(7-13)15-11(14-9)8-4-2-1-3-5-8/h1-5,9-11H,6-7,12-13H2/t9-,10-/m1/s1. The van der Waals surface area contributed by atoms with E-state index in [4.69, 9.17) is 20.9 Å². The lowest BCUT2D eigenvalue weighted by atomic mass is 10.2. The normalized spacial score (nSPS) is 27.1. The number of ether oxygens (including phenoxy) is 2. The summed E-state index contributed by atoms with van der Waals surface area (Å²) in [6, 6.07) is 9.80. The van der Waals surface area contributed by atoms with Crippen LogP contribution in [0.4, 0.5) is 0 Å². The molecule has 15 heavy (non-hydrogen) atoms. The van der Waals surface area contributed by atoms with Crippen molar-refractivity contribution in [1.29, 1.82) is 0 Å². The van der Waals surface area contributed by atoms with Crippen molar-refractivity contribution in [3.05, 3.63) is 35.9 Å². The molecule has 0 aliphatic carbocycles. The van der Waals surface area contributed by atoms with Gasteiger partial charge in [-0.15, -0.1) is 0 Å². The Bertz CT molecular complexity index is 293. The van der Waals surface area contributed by atoms with E-state index < -0.39 is 0 Å². The molecular weight excluding hydrogens is 192 g/mol. The molecule has 2 rings (SSSR count). The van der Waals surface area contributed by atoms with Crippen molar-refractivity contribution in [1.82, 2.24) is 0 Å². The highest BCUT2D eigenvalue weighted by atomic mass is 16.7. The summed E-state index contributed by atoms with van der Waals surface area (Å²) < 4.78 is 11.3. The number of hydrogen-bond donors (Lipinski definition) is 2. The van der Waals surface area contributed by atoms with Crippen molar-refractivity contribution in [2.24, 2.45) is 11.5 Å². The van der Waals surface area contributed by atoms with E-state index in [0.717, 1.165) is 5.56 Å². The molecule has 1 aliphatic rings. The second-order valence-electron chi connectivity index (χ2n) is 3.56. The van der Waals surface area contributed by atoms with Crippen LogP contribution in [0.1, 0.15) is 11.9 Å². The highest BCUT2D eigenvalue weighted by Crippen LogP contribution is 2.30. The largest absolute Gasteiger partial charge is 0.341 e. The fraction of sp³-hybridized carbons (Fsp3) is 0.455. The second kappa shape index (κ2) is 4.72. The molecule has 4 N–H and O–H groups in total. The van der Waals surface area contributed by atoms with Crippen LogP contribution in [0.25, 0.3) is 0 Å². The third-order valence-corrected chi connectivity index (χ3v) is 2.55. The summed E-state index contributed by atoms with van der Waals surface area (Å²) in [5.41, 5.74) is 12.2. The molecule has 0 bridgehead atoms. The summed E-state index contributed by atoms with van der Waals surface area (Å²) in [5.74, 6) is 0. The van der Waals surface area contributed by atoms with Crippen molar-refractivity contribution >= 4 is 0 Å². The van der Waals surface area contributed by atoms with Gasteiger partial charge in [-0.3, -0.25) is 0 Å². The fourth-order valence-electron chi connectivity index (χ4n) is 1.71. The Morgan fingerprint density at radius 3 is 1.93 bits per heavy atom. The van der Waals surface area contributed by atoms with Gasteiger partial charge in [0, 0.05) is 18.7 Å². The zero-order valence-corrected chi connectivity index (χ0v) is 8.50. The highest BCUT2D eigenvalue weighted by molar-refractivity contribution is 5.16. The van der Waals surface area contributed by atoms with Gasteiger partial charge >= 0.3 is 0 Å². The predicted octanol–water partition coefficient (Wildman–Crippen LogP) is 0.387. The Morgan fingerprint density at radius 2 is 1.47 bits per heavy atom. The molecule has 4 heteroatoms. The smallest absolute Gasteiger partial charge is 0.184 e. The molecule has 0 aromatic heterocycles. The van der Waals surface area contributed by atoms with Crippen LogP contribution in [0, 0.1) is 0 Å². The van der Waals surface area contributed by atoms with Crippen molar-refractivity contribution in [2.45, 2.75) is 18.5 Å². The number of benzene rings is 1. The Labute approximate surface area is 89.2 Å². The van der Waals surface area contributed by atoms with Crippen LogP contribution in [0.15, 0.2) is 30.3 Å². The van der Waals surface area contributed by atoms with Crippen LogP contribution in [-0.4, -0.2) is 25.3 Å². The van der Waals surface area contributed by atoms with Gasteiger partial charge in [0.05, 0.1) is 0 Å². The lowest BCUT2D eigenvalue weighted by molar-refractivity contribution is -0.0670. The Balaban J connectivity index is 2.08. The van der Waals surface area contributed by atoms with Gasteiger partial charge in [0.15, 0.2) is 6.29 Å². The van der Waals surface area contributed by atoms with Crippen LogP contribution in [-0.2, 0) is 9.47 Å². The van der Waals surface area contributed by atoms with E-state index in [1.807, 2.05) is 30.3 Å². The monoisotopic (exact) mass is 208 g/mol. The lowest BCUT2D eigenvalue weighted by Crippen LogP contribution is -2.35. The predicted molar refractivity (Wildman–Crippen MR) is 57.0 cm³/mol. The Hall–Kier alpha value is -0.940. The molecule has 2 atom stereocenters. The Kier molecular flexibility index (Phi) is 3.33. The van der Waals surface area contributed by atoms with E-state index in [-0.39, 0.29) is 18.5 Å². The van der Waals surface area contributed by atoms with Gasteiger partial charge in [-0.05, 0) is 0 Å². The molecule has 0 amide bonds. The third kappa shape index (κ3) is 2.18. The third-order valence-electron chi connectivity index (χ3n) is 2.55. The van der Waals surface area contributed by atoms with Crippen molar-refractivity contribution in [3.8, 4) is 0 Å². The number of hydrogen-bond acceptors (Lipinski definition) is 4. The van der Waals surface area contributed by atoms with Gasteiger partial charge < -0.3 is 20.9 Å². The minimum atomic E-state index is -0.326. The summed E-state index contributed by atoms with van der Waals surface area (Å²) in [7, 11) is 0. The summed E-state index contributed by atoms with van der Waals surface area (Å²) in [6.45, 7) is 0.871. The van der Waals surface area contributed by atoms with Gasteiger partial charge in [0.1, 0.15) is 12.2 Å². The summed E-state index contributed by atoms with van der Waals surface area (Å²) >= 11 is 0.